The molecule has 178 valence electrons. The second-order valence-corrected chi connectivity index (χ2v) is 11.9. The summed E-state index contributed by atoms with van der Waals surface area (Å²) in [5.74, 6) is 0.721. The van der Waals surface area contributed by atoms with Crippen LogP contribution in [0.4, 0.5) is 10.1 Å². The first-order valence-electron chi connectivity index (χ1n) is 11.9. The Bertz CT molecular complexity index is 1270. The van der Waals surface area contributed by atoms with E-state index in [-0.39, 0.29) is 18.4 Å². The highest BCUT2D eigenvalue weighted by Gasteiger charge is 2.57. The predicted molar refractivity (Wildman–Crippen MR) is 127 cm³/mol. The van der Waals surface area contributed by atoms with Crippen LogP contribution in [-0.4, -0.2) is 46.6 Å². The van der Waals surface area contributed by atoms with Crippen LogP contribution in [0.2, 0.25) is 0 Å². The van der Waals surface area contributed by atoms with Crippen molar-refractivity contribution in [1.82, 2.24) is 19.1 Å². The number of sulfonamides is 1. The molecule has 7 nitrogen and oxygen atoms in total. The van der Waals surface area contributed by atoms with E-state index in [4.69, 9.17) is 0 Å². The molecular formula is C25H28FN5O2S. The number of aromatic nitrogens is 3. The molecule has 1 aliphatic carbocycles. The highest BCUT2D eigenvalue weighted by Crippen LogP contribution is 2.55. The Balaban J connectivity index is 1.17. The molecule has 5 atom stereocenters. The first-order valence-corrected chi connectivity index (χ1v) is 13.4. The van der Waals surface area contributed by atoms with Crippen molar-refractivity contribution < 1.29 is 12.8 Å². The smallest absolute Gasteiger partial charge is 0.221 e. The fourth-order valence-electron chi connectivity index (χ4n) is 5.89. The molecule has 34 heavy (non-hydrogen) atoms. The van der Waals surface area contributed by atoms with E-state index in [1.54, 1.807) is 24.8 Å². The second kappa shape index (κ2) is 8.16. The molecule has 0 amide bonds. The number of halogens is 1. The quantitative estimate of drug-likeness (QED) is 0.555. The first kappa shape index (κ1) is 21.7. The highest BCUT2D eigenvalue weighted by molar-refractivity contribution is 7.89. The van der Waals surface area contributed by atoms with Crippen LogP contribution in [0.25, 0.3) is 0 Å². The standard InChI is InChI=1S/C25H28FN5O2S/c1-17-7-10-24(18-5-3-2-4-6-18)34(32,33)31(17)12-19-8-9-20(11-23(19)26)29-13-21-22(14-29)25(21)30-15-27-28-16-30/h2-6,8-9,11,15-17,21-22,24-25H,7,10,12-14H2,1H3/t17-,21-,22+,24-,25?/m0/s1. The number of nitrogens with zero attached hydrogens (tertiary/aromatic N) is 5. The lowest BCUT2D eigenvalue weighted by atomic mass is 10.0. The van der Waals surface area contributed by atoms with Gasteiger partial charge in [-0.05, 0) is 37.5 Å². The minimum Gasteiger partial charge on any atom is -0.371 e. The molecule has 3 aromatic rings. The summed E-state index contributed by atoms with van der Waals surface area (Å²) in [7, 11) is -3.59. The van der Waals surface area contributed by atoms with Gasteiger partial charge in [-0.2, -0.15) is 4.31 Å². The van der Waals surface area contributed by atoms with E-state index in [0.29, 0.717) is 29.9 Å². The molecule has 3 aliphatic rings. The van der Waals surface area contributed by atoms with Crippen molar-refractivity contribution >= 4 is 15.7 Å². The number of rotatable bonds is 5. The Morgan fingerprint density at radius 2 is 1.71 bits per heavy atom. The van der Waals surface area contributed by atoms with E-state index in [1.165, 1.54) is 4.31 Å². The van der Waals surface area contributed by atoms with Gasteiger partial charge in [0.25, 0.3) is 0 Å². The van der Waals surface area contributed by atoms with Crippen LogP contribution in [0, 0.1) is 17.7 Å². The Morgan fingerprint density at radius 1 is 1.00 bits per heavy atom. The van der Waals surface area contributed by atoms with Gasteiger partial charge in [0.1, 0.15) is 23.7 Å². The molecule has 3 fully saturated rings. The fourth-order valence-corrected chi connectivity index (χ4v) is 8.08. The molecule has 2 aliphatic heterocycles. The van der Waals surface area contributed by atoms with E-state index < -0.39 is 15.3 Å². The van der Waals surface area contributed by atoms with E-state index in [9.17, 15) is 8.42 Å². The van der Waals surface area contributed by atoms with Gasteiger partial charge in [-0.3, -0.25) is 0 Å². The molecule has 2 aromatic carbocycles. The van der Waals surface area contributed by atoms with E-state index in [2.05, 4.69) is 19.7 Å². The zero-order valence-corrected chi connectivity index (χ0v) is 19.9. The van der Waals surface area contributed by atoms with Crippen molar-refractivity contribution in [2.75, 3.05) is 18.0 Å². The summed E-state index contributed by atoms with van der Waals surface area (Å²) < 4.78 is 45.7. The molecular weight excluding hydrogens is 453 g/mol. The monoisotopic (exact) mass is 481 g/mol. The molecule has 0 spiro atoms. The Hall–Kier alpha value is -2.78. The third-order valence-corrected chi connectivity index (χ3v) is 10.2. The number of hydrogen-bond acceptors (Lipinski definition) is 5. The van der Waals surface area contributed by atoms with Crippen LogP contribution in [0.5, 0.6) is 0 Å². The first-order chi connectivity index (χ1) is 16.4. The van der Waals surface area contributed by atoms with Crippen molar-refractivity contribution in [2.24, 2.45) is 11.8 Å². The van der Waals surface area contributed by atoms with Gasteiger partial charge in [0.2, 0.25) is 10.0 Å². The Kier molecular flexibility index (Phi) is 5.22. The van der Waals surface area contributed by atoms with Crippen molar-refractivity contribution in [2.45, 2.75) is 43.6 Å². The van der Waals surface area contributed by atoms with Gasteiger partial charge in [0, 0.05) is 54.8 Å². The normalized spacial score (nSPS) is 30.3. The van der Waals surface area contributed by atoms with Crippen LogP contribution in [-0.2, 0) is 16.6 Å². The molecule has 1 saturated carbocycles. The van der Waals surface area contributed by atoms with Crippen molar-refractivity contribution in [1.29, 1.82) is 0 Å². The molecule has 6 rings (SSSR count). The van der Waals surface area contributed by atoms with Crippen LogP contribution < -0.4 is 4.90 Å². The molecule has 0 N–H and O–H groups in total. The van der Waals surface area contributed by atoms with E-state index in [1.807, 2.05) is 43.3 Å². The maximum Gasteiger partial charge on any atom is 0.221 e. The summed E-state index contributed by atoms with van der Waals surface area (Å²) >= 11 is 0. The summed E-state index contributed by atoms with van der Waals surface area (Å²) in [6.45, 7) is 3.72. The lowest BCUT2D eigenvalue weighted by Crippen LogP contribution is -2.44. The van der Waals surface area contributed by atoms with Gasteiger partial charge >= 0.3 is 0 Å². The third-order valence-electron chi connectivity index (χ3n) is 7.85. The number of fused-ring (bicyclic) bond motifs is 1. The van der Waals surface area contributed by atoms with Gasteiger partial charge in [-0.15, -0.1) is 10.2 Å². The summed E-state index contributed by atoms with van der Waals surface area (Å²) in [6.07, 6.45) is 4.86. The van der Waals surface area contributed by atoms with Crippen molar-refractivity contribution in [3.63, 3.8) is 0 Å². The lowest BCUT2D eigenvalue weighted by Gasteiger charge is -2.37. The van der Waals surface area contributed by atoms with E-state index >= 15 is 4.39 Å². The molecule has 1 unspecified atom stereocenters. The summed E-state index contributed by atoms with van der Waals surface area (Å²) in [5, 5.41) is 7.21. The van der Waals surface area contributed by atoms with Crippen molar-refractivity contribution in [3.8, 4) is 0 Å². The maximum absolute atomic E-state index is 15.2. The van der Waals surface area contributed by atoms with Crippen LogP contribution in [0.3, 0.4) is 0 Å². The highest BCUT2D eigenvalue weighted by atomic mass is 32.2. The summed E-state index contributed by atoms with van der Waals surface area (Å²) in [4.78, 5) is 2.22. The minimum atomic E-state index is -3.59. The topological polar surface area (TPSA) is 71.3 Å². The number of piperidine rings is 1. The third kappa shape index (κ3) is 3.62. The van der Waals surface area contributed by atoms with E-state index in [0.717, 1.165) is 30.8 Å². The number of benzene rings is 2. The molecule has 9 heteroatoms. The number of anilines is 1. The largest absolute Gasteiger partial charge is 0.371 e. The Labute approximate surface area is 199 Å². The fraction of sp³-hybridized carbons (Fsp3) is 0.440. The zero-order valence-electron chi connectivity index (χ0n) is 19.0. The van der Waals surface area contributed by atoms with Gasteiger partial charge in [-0.1, -0.05) is 36.4 Å². The zero-order chi connectivity index (χ0) is 23.4. The van der Waals surface area contributed by atoms with Crippen LogP contribution in [0.1, 0.15) is 42.2 Å². The van der Waals surface area contributed by atoms with Crippen LogP contribution in [0.15, 0.2) is 61.2 Å². The molecule has 1 aromatic heterocycles. The van der Waals surface area contributed by atoms with Gasteiger partial charge in [-0.25, -0.2) is 12.8 Å². The second-order valence-electron chi connectivity index (χ2n) is 9.82. The Morgan fingerprint density at radius 3 is 2.38 bits per heavy atom. The lowest BCUT2D eigenvalue weighted by molar-refractivity contribution is 0.279. The SMILES string of the molecule is C[C@H]1CC[C@@H](c2ccccc2)S(=O)(=O)N1Cc1ccc(N2C[C@@H]3C(n4cnnc4)[C@@H]3C2)cc1F. The molecule has 2 saturated heterocycles. The molecule has 0 bridgehead atoms. The predicted octanol–water partition coefficient (Wildman–Crippen LogP) is 3.78. The van der Waals surface area contributed by atoms with Gasteiger partial charge < -0.3 is 9.47 Å². The van der Waals surface area contributed by atoms with Gasteiger partial charge in [0.15, 0.2) is 0 Å². The maximum atomic E-state index is 15.2. The summed E-state index contributed by atoms with van der Waals surface area (Å²) in [6, 6.07) is 14.8. The van der Waals surface area contributed by atoms with Crippen LogP contribution >= 0.6 is 0 Å². The number of hydrogen-bond donors (Lipinski definition) is 0. The molecule has 0 radical (unpaired) electrons. The van der Waals surface area contributed by atoms with Gasteiger partial charge in [0.05, 0.1) is 0 Å². The average Bonchev–Trinajstić information content (AvgIpc) is 3.20. The average molecular weight is 482 g/mol. The molecule has 3 heterocycles. The minimum absolute atomic E-state index is 0.0555. The summed E-state index contributed by atoms with van der Waals surface area (Å²) in [5.41, 5.74) is 2.07. The van der Waals surface area contributed by atoms with Crippen molar-refractivity contribution in [3.05, 3.63) is 78.1 Å².